The molecule has 0 saturated carbocycles. The number of nitrogens with zero attached hydrogens (tertiary/aromatic N) is 1. The Hall–Kier alpha value is -1.30. The van der Waals surface area contributed by atoms with E-state index in [1.54, 1.807) is 34.6 Å². The van der Waals surface area contributed by atoms with Gasteiger partial charge in [0.15, 0.2) is 6.04 Å². The molecule has 1 saturated heterocycles. The Bertz CT molecular complexity index is 419. The minimum atomic E-state index is -0.776. The van der Waals surface area contributed by atoms with Gasteiger partial charge in [-0.25, -0.2) is 9.59 Å². The van der Waals surface area contributed by atoms with Crippen molar-refractivity contribution >= 4 is 12.1 Å². The first-order valence-corrected chi connectivity index (χ1v) is 7.66. The van der Waals surface area contributed by atoms with E-state index in [1.165, 1.54) is 4.90 Å². The van der Waals surface area contributed by atoms with E-state index in [4.69, 9.17) is 14.2 Å². The van der Waals surface area contributed by atoms with Crippen LogP contribution >= 0.6 is 0 Å². The lowest BCUT2D eigenvalue weighted by molar-refractivity contribution is -0.153. The fraction of sp³-hybridized carbons (Fsp3) is 0.875. The largest absolute Gasteiger partial charge is 0.461 e. The highest BCUT2D eigenvalue weighted by Gasteiger charge is 2.49. The van der Waals surface area contributed by atoms with Crippen LogP contribution in [0.5, 0.6) is 0 Å². The Morgan fingerprint density at radius 3 is 2.09 bits per heavy atom. The van der Waals surface area contributed by atoms with Gasteiger partial charge in [-0.1, -0.05) is 20.8 Å². The van der Waals surface area contributed by atoms with E-state index < -0.39 is 29.9 Å². The summed E-state index contributed by atoms with van der Waals surface area (Å²) < 4.78 is 16.4. The third-order valence-electron chi connectivity index (χ3n) is 2.97. The molecule has 0 radical (unpaired) electrons. The first-order chi connectivity index (χ1) is 9.83. The zero-order valence-electron chi connectivity index (χ0n) is 14.9. The Kier molecular flexibility index (Phi) is 5.49. The number of carbonyl (C=O) groups excluding carboxylic acids is 2. The molecule has 2 atom stereocenters. The molecule has 6 nitrogen and oxygen atoms in total. The van der Waals surface area contributed by atoms with E-state index in [0.717, 1.165) is 0 Å². The molecule has 0 spiro atoms. The number of esters is 1. The van der Waals surface area contributed by atoms with E-state index in [2.05, 4.69) is 0 Å². The molecular weight excluding hydrogens is 286 g/mol. The molecular formula is C16H29NO5. The molecule has 0 aromatic carbocycles. The van der Waals surface area contributed by atoms with Crippen LogP contribution in [-0.4, -0.2) is 47.5 Å². The van der Waals surface area contributed by atoms with Gasteiger partial charge in [-0.05, 0) is 34.6 Å². The van der Waals surface area contributed by atoms with Gasteiger partial charge in [-0.15, -0.1) is 0 Å². The minimum absolute atomic E-state index is 0.118. The number of hydrogen-bond acceptors (Lipinski definition) is 5. The summed E-state index contributed by atoms with van der Waals surface area (Å²) in [6, 6.07) is -0.776. The SMILES string of the molecule is CC(C)OC(=O)C1CO[C@@H](C(C)(C)C)N1C(=O)OC(C)(C)C. The highest BCUT2D eigenvalue weighted by atomic mass is 16.6. The summed E-state index contributed by atoms with van der Waals surface area (Å²) in [6.07, 6.45) is -1.34. The molecule has 0 bridgehead atoms. The first kappa shape index (κ1) is 18.7. The van der Waals surface area contributed by atoms with Gasteiger partial charge in [0.2, 0.25) is 0 Å². The Morgan fingerprint density at radius 1 is 1.14 bits per heavy atom. The number of amides is 1. The van der Waals surface area contributed by atoms with Crippen molar-refractivity contribution < 1.29 is 23.8 Å². The van der Waals surface area contributed by atoms with Crippen LogP contribution in [0.25, 0.3) is 0 Å². The molecule has 1 heterocycles. The van der Waals surface area contributed by atoms with Crippen LogP contribution < -0.4 is 0 Å². The smallest absolute Gasteiger partial charge is 0.413 e. The lowest BCUT2D eigenvalue weighted by atomic mass is 9.93. The van der Waals surface area contributed by atoms with Gasteiger partial charge in [0.25, 0.3) is 0 Å². The monoisotopic (exact) mass is 315 g/mol. The molecule has 0 aromatic rings. The van der Waals surface area contributed by atoms with Crippen molar-refractivity contribution in [3.63, 3.8) is 0 Å². The van der Waals surface area contributed by atoms with Crippen LogP contribution in [0, 0.1) is 5.41 Å². The molecule has 0 aliphatic carbocycles. The molecule has 1 aliphatic heterocycles. The topological polar surface area (TPSA) is 65.1 Å². The quantitative estimate of drug-likeness (QED) is 0.733. The molecule has 1 rings (SSSR count). The van der Waals surface area contributed by atoms with Crippen molar-refractivity contribution in [2.75, 3.05) is 6.61 Å². The van der Waals surface area contributed by atoms with Crippen molar-refractivity contribution in [2.45, 2.75) is 79.4 Å². The van der Waals surface area contributed by atoms with Crippen molar-refractivity contribution in [1.29, 1.82) is 0 Å². The third-order valence-corrected chi connectivity index (χ3v) is 2.97. The van der Waals surface area contributed by atoms with Crippen molar-refractivity contribution in [3.05, 3.63) is 0 Å². The highest BCUT2D eigenvalue weighted by molar-refractivity contribution is 5.82. The minimum Gasteiger partial charge on any atom is -0.461 e. The van der Waals surface area contributed by atoms with Crippen molar-refractivity contribution in [1.82, 2.24) is 4.90 Å². The van der Waals surface area contributed by atoms with E-state index >= 15 is 0 Å². The predicted molar refractivity (Wildman–Crippen MR) is 82.3 cm³/mol. The van der Waals surface area contributed by atoms with Crippen LogP contribution in [-0.2, 0) is 19.0 Å². The molecule has 0 aromatic heterocycles. The maximum atomic E-state index is 12.5. The molecule has 0 N–H and O–H groups in total. The molecule has 22 heavy (non-hydrogen) atoms. The van der Waals surface area contributed by atoms with E-state index in [9.17, 15) is 9.59 Å². The van der Waals surface area contributed by atoms with Gasteiger partial charge >= 0.3 is 12.1 Å². The molecule has 1 unspecified atom stereocenters. The summed E-state index contributed by atoms with van der Waals surface area (Å²) >= 11 is 0. The maximum Gasteiger partial charge on any atom is 0.413 e. The van der Waals surface area contributed by atoms with Gasteiger partial charge in [0.1, 0.15) is 11.8 Å². The summed E-state index contributed by atoms with van der Waals surface area (Å²) in [5.74, 6) is -0.465. The lowest BCUT2D eigenvalue weighted by Crippen LogP contribution is -2.52. The molecule has 1 amide bonds. The summed E-state index contributed by atoms with van der Waals surface area (Å²) in [5.41, 5.74) is -0.988. The average molecular weight is 315 g/mol. The van der Waals surface area contributed by atoms with Gasteiger partial charge in [0, 0.05) is 5.41 Å². The summed E-state index contributed by atoms with van der Waals surface area (Å²) in [6.45, 7) is 14.9. The number of rotatable bonds is 2. The molecule has 1 fully saturated rings. The first-order valence-electron chi connectivity index (χ1n) is 7.66. The predicted octanol–water partition coefficient (Wildman–Crippen LogP) is 2.95. The standard InChI is InChI=1S/C16H29NO5/c1-10(2)21-12(18)11-9-20-13(15(3,4)5)17(11)14(19)22-16(6,7)8/h10-11,13H,9H2,1-8H3/t11?,13-/m0/s1. The summed E-state index contributed by atoms with van der Waals surface area (Å²) in [4.78, 5) is 26.2. The average Bonchev–Trinajstić information content (AvgIpc) is 2.68. The van der Waals surface area contributed by atoms with Crippen molar-refractivity contribution in [2.24, 2.45) is 5.41 Å². The fourth-order valence-corrected chi connectivity index (χ4v) is 2.20. The van der Waals surface area contributed by atoms with Gasteiger partial charge in [-0.3, -0.25) is 4.90 Å². The van der Waals surface area contributed by atoms with Gasteiger partial charge in [-0.2, -0.15) is 0 Å². The number of hydrogen-bond donors (Lipinski definition) is 0. The number of ether oxygens (including phenoxy) is 3. The van der Waals surface area contributed by atoms with Crippen LogP contribution in [0.15, 0.2) is 0 Å². The van der Waals surface area contributed by atoms with E-state index in [0.29, 0.717) is 0 Å². The second kappa shape index (κ2) is 6.44. The summed E-state index contributed by atoms with van der Waals surface area (Å²) in [7, 11) is 0. The third kappa shape index (κ3) is 4.87. The molecule has 128 valence electrons. The fourth-order valence-electron chi connectivity index (χ4n) is 2.20. The summed E-state index contributed by atoms with van der Waals surface area (Å²) in [5, 5.41) is 0. The Morgan fingerprint density at radius 2 is 1.68 bits per heavy atom. The second-order valence-corrected chi connectivity index (χ2v) is 7.94. The van der Waals surface area contributed by atoms with Crippen LogP contribution in [0.1, 0.15) is 55.4 Å². The van der Waals surface area contributed by atoms with E-state index in [-0.39, 0.29) is 18.1 Å². The number of carbonyl (C=O) groups is 2. The van der Waals surface area contributed by atoms with Gasteiger partial charge in [0.05, 0.1) is 12.7 Å². The van der Waals surface area contributed by atoms with Gasteiger partial charge < -0.3 is 14.2 Å². The second-order valence-electron chi connectivity index (χ2n) is 7.94. The molecule has 1 aliphatic rings. The zero-order valence-corrected chi connectivity index (χ0v) is 14.9. The van der Waals surface area contributed by atoms with Crippen LogP contribution in [0.2, 0.25) is 0 Å². The van der Waals surface area contributed by atoms with Crippen LogP contribution in [0.3, 0.4) is 0 Å². The molecule has 6 heteroatoms. The normalized spacial score (nSPS) is 22.9. The highest BCUT2D eigenvalue weighted by Crippen LogP contribution is 2.33. The Balaban J connectivity index is 3.02. The van der Waals surface area contributed by atoms with Crippen molar-refractivity contribution in [3.8, 4) is 0 Å². The lowest BCUT2D eigenvalue weighted by Gasteiger charge is -2.36. The van der Waals surface area contributed by atoms with Crippen LogP contribution in [0.4, 0.5) is 4.79 Å². The van der Waals surface area contributed by atoms with E-state index in [1.807, 2.05) is 20.8 Å². The maximum absolute atomic E-state index is 12.5. The zero-order chi connectivity index (χ0) is 17.3. The Labute approximate surface area is 133 Å².